The Bertz CT molecular complexity index is 2020. The molecule has 2 amide bonds. The van der Waals surface area contributed by atoms with Gasteiger partial charge in [0, 0.05) is 70.0 Å². The van der Waals surface area contributed by atoms with Crippen LogP contribution in [-0.2, 0) is 11.3 Å². The van der Waals surface area contributed by atoms with E-state index in [0.29, 0.717) is 29.5 Å². The van der Waals surface area contributed by atoms with Crippen LogP contribution < -0.4 is 15.5 Å². The van der Waals surface area contributed by atoms with Gasteiger partial charge in [-0.1, -0.05) is 18.2 Å². The van der Waals surface area contributed by atoms with Gasteiger partial charge in [0.2, 0.25) is 5.91 Å². The average Bonchev–Trinajstić information content (AvgIpc) is 3.64. The molecule has 6 heterocycles. The fourth-order valence-corrected chi connectivity index (χ4v) is 6.65. The van der Waals surface area contributed by atoms with Crippen molar-refractivity contribution in [3.8, 4) is 11.1 Å². The summed E-state index contributed by atoms with van der Waals surface area (Å²) in [6.07, 6.45) is 5.55. The SMILES string of the molecule is CC1c2c(cnn2C2CN(Cc3cccc(C(=O)N(C)C)n3)C2)-c2cccc(Nc3cc(NC(=O)C4CC4)nc4ccnn34)c2N1C. The van der Waals surface area contributed by atoms with Gasteiger partial charge in [-0.2, -0.15) is 14.7 Å². The number of hydrogen-bond donors (Lipinski definition) is 2. The summed E-state index contributed by atoms with van der Waals surface area (Å²) < 4.78 is 3.94. The first-order valence-corrected chi connectivity index (χ1v) is 16.0. The van der Waals surface area contributed by atoms with Crippen LogP contribution in [0.15, 0.2) is 60.9 Å². The summed E-state index contributed by atoms with van der Waals surface area (Å²) in [5.41, 5.74) is 7.43. The van der Waals surface area contributed by atoms with Crippen molar-refractivity contribution in [3.63, 3.8) is 0 Å². The van der Waals surface area contributed by atoms with Crippen molar-refractivity contribution in [3.05, 3.63) is 78.0 Å². The minimum Gasteiger partial charge on any atom is -0.364 e. The molecule has 1 aromatic carbocycles. The van der Waals surface area contributed by atoms with Gasteiger partial charge in [-0.25, -0.2) is 9.97 Å². The molecule has 8 rings (SSSR count). The lowest BCUT2D eigenvalue weighted by atomic mass is 9.93. The van der Waals surface area contributed by atoms with Crippen molar-refractivity contribution in [1.82, 2.24) is 39.2 Å². The second-order valence-corrected chi connectivity index (χ2v) is 13.0. The molecular weight excluding hydrogens is 594 g/mol. The van der Waals surface area contributed by atoms with Crippen molar-refractivity contribution < 1.29 is 9.59 Å². The third-order valence-electron chi connectivity index (χ3n) is 9.41. The highest BCUT2D eigenvalue weighted by molar-refractivity contribution is 5.95. The number of carbonyl (C=O) groups excluding carboxylic acids is 2. The van der Waals surface area contributed by atoms with E-state index in [-0.39, 0.29) is 29.8 Å². The van der Waals surface area contributed by atoms with Crippen LogP contribution in [0, 0.1) is 5.92 Å². The van der Waals surface area contributed by atoms with E-state index in [1.165, 1.54) is 5.69 Å². The van der Waals surface area contributed by atoms with Gasteiger partial charge >= 0.3 is 0 Å². The molecule has 4 aromatic heterocycles. The van der Waals surface area contributed by atoms with E-state index in [0.717, 1.165) is 54.1 Å². The number of likely N-dealkylation sites (tertiary alicyclic amines) is 1. The molecule has 3 aliphatic rings. The Hall–Kier alpha value is -5.30. The van der Waals surface area contributed by atoms with Crippen LogP contribution in [0.25, 0.3) is 16.8 Å². The summed E-state index contributed by atoms with van der Waals surface area (Å²) in [6.45, 7) is 4.61. The molecule has 13 heteroatoms. The third-order valence-corrected chi connectivity index (χ3v) is 9.41. The van der Waals surface area contributed by atoms with Crippen LogP contribution >= 0.6 is 0 Å². The highest BCUT2D eigenvalue weighted by atomic mass is 16.2. The van der Waals surface area contributed by atoms with E-state index in [1.54, 1.807) is 35.8 Å². The Balaban J connectivity index is 1.04. The van der Waals surface area contributed by atoms with Crippen LogP contribution in [0.4, 0.5) is 23.0 Å². The van der Waals surface area contributed by atoms with Crippen LogP contribution in [-0.4, -0.2) is 85.2 Å². The number of para-hydroxylation sites is 1. The van der Waals surface area contributed by atoms with E-state index >= 15 is 0 Å². The second kappa shape index (κ2) is 11.2. The second-order valence-electron chi connectivity index (χ2n) is 13.0. The minimum atomic E-state index is -0.0918. The molecule has 1 unspecified atom stereocenters. The molecule has 5 aromatic rings. The maximum Gasteiger partial charge on any atom is 0.271 e. The zero-order chi connectivity index (χ0) is 32.4. The predicted molar refractivity (Wildman–Crippen MR) is 179 cm³/mol. The molecule has 0 bridgehead atoms. The van der Waals surface area contributed by atoms with Gasteiger partial charge in [-0.15, -0.1) is 0 Å². The summed E-state index contributed by atoms with van der Waals surface area (Å²) >= 11 is 0. The molecule has 1 aliphatic carbocycles. The number of anilines is 4. The number of hydrogen-bond acceptors (Lipinski definition) is 9. The Morgan fingerprint density at radius 2 is 1.81 bits per heavy atom. The maximum atomic E-state index is 12.5. The quantitative estimate of drug-likeness (QED) is 0.257. The molecule has 0 spiro atoms. The van der Waals surface area contributed by atoms with Gasteiger partial charge in [0.1, 0.15) is 17.3 Å². The lowest BCUT2D eigenvalue weighted by Gasteiger charge is -2.42. The molecule has 1 saturated heterocycles. The van der Waals surface area contributed by atoms with Crippen molar-refractivity contribution in [2.45, 2.75) is 38.4 Å². The van der Waals surface area contributed by atoms with E-state index in [9.17, 15) is 9.59 Å². The summed E-state index contributed by atoms with van der Waals surface area (Å²) in [6, 6.07) is 15.9. The van der Waals surface area contributed by atoms with E-state index in [1.807, 2.05) is 30.5 Å². The fraction of sp³-hybridized carbons (Fsp3) is 0.353. The normalized spacial score (nSPS) is 17.6. The minimum absolute atomic E-state index is 0.0134. The molecule has 1 atom stereocenters. The number of nitrogens with zero attached hydrogens (tertiary/aromatic N) is 9. The van der Waals surface area contributed by atoms with Crippen molar-refractivity contribution >= 4 is 40.5 Å². The first kappa shape index (κ1) is 29.1. The summed E-state index contributed by atoms with van der Waals surface area (Å²) in [5, 5.41) is 16.0. The topological polar surface area (TPSA) is 129 Å². The van der Waals surface area contributed by atoms with Crippen LogP contribution in [0.2, 0.25) is 0 Å². The average molecular weight is 632 g/mol. The third kappa shape index (κ3) is 5.16. The Kier molecular flexibility index (Phi) is 6.94. The van der Waals surface area contributed by atoms with Crippen LogP contribution in [0.5, 0.6) is 0 Å². The van der Waals surface area contributed by atoms with Gasteiger partial charge in [0.05, 0.1) is 47.2 Å². The lowest BCUT2D eigenvalue weighted by Crippen LogP contribution is -2.48. The van der Waals surface area contributed by atoms with Gasteiger partial charge in [-0.3, -0.25) is 19.2 Å². The monoisotopic (exact) mass is 631 g/mol. The largest absolute Gasteiger partial charge is 0.364 e. The van der Waals surface area contributed by atoms with Gasteiger partial charge in [-0.05, 0) is 38.0 Å². The first-order chi connectivity index (χ1) is 22.7. The Morgan fingerprint density at radius 1 is 1.00 bits per heavy atom. The number of rotatable bonds is 8. The fourth-order valence-electron chi connectivity index (χ4n) is 6.65. The number of benzene rings is 1. The zero-order valence-corrected chi connectivity index (χ0v) is 26.9. The maximum absolute atomic E-state index is 12.5. The van der Waals surface area contributed by atoms with Crippen molar-refractivity contribution in [1.29, 1.82) is 0 Å². The summed E-state index contributed by atoms with van der Waals surface area (Å²) in [5.74, 6) is 1.22. The molecule has 2 N–H and O–H groups in total. The summed E-state index contributed by atoms with van der Waals surface area (Å²) in [4.78, 5) is 40.3. The van der Waals surface area contributed by atoms with Gasteiger partial charge in [0.15, 0.2) is 5.65 Å². The van der Waals surface area contributed by atoms with E-state index in [2.05, 4.69) is 72.4 Å². The van der Waals surface area contributed by atoms with Crippen molar-refractivity contribution in [2.24, 2.45) is 5.92 Å². The Morgan fingerprint density at radius 3 is 2.60 bits per heavy atom. The first-order valence-electron chi connectivity index (χ1n) is 16.0. The molecule has 2 aliphatic heterocycles. The zero-order valence-electron chi connectivity index (χ0n) is 26.9. The molecule has 1 saturated carbocycles. The molecule has 240 valence electrons. The van der Waals surface area contributed by atoms with Crippen LogP contribution in [0.3, 0.4) is 0 Å². The molecule has 13 nitrogen and oxygen atoms in total. The number of carbonyl (C=O) groups is 2. The van der Waals surface area contributed by atoms with Gasteiger partial charge in [0.25, 0.3) is 5.91 Å². The lowest BCUT2D eigenvalue weighted by molar-refractivity contribution is -0.117. The Labute approximate surface area is 272 Å². The molecule has 47 heavy (non-hydrogen) atoms. The highest BCUT2D eigenvalue weighted by Gasteiger charge is 2.37. The number of aromatic nitrogens is 6. The standard InChI is InChI=1S/C34H37N11O2/c1-20-31-25(16-36-44(31)23-18-43(19-23)17-22-7-5-10-27(37-22)34(47)41(2)3)24-8-6-9-26(32(24)42(20)4)38-30-15-28(40-33(46)21-11-12-21)39-29-13-14-35-45(29)30/h5-10,13-16,20-21,23,38H,11-12,17-19H2,1-4H3,(H,39,40,46). The molecular formula is C34H37N11O2. The number of amides is 2. The highest BCUT2D eigenvalue weighted by Crippen LogP contribution is 2.49. The molecule has 0 radical (unpaired) electrons. The van der Waals surface area contributed by atoms with E-state index < -0.39 is 0 Å². The predicted octanol–water partition coefficient (Wildman–Crippen LogP) is 4.35. The molecule has 2 fully saturated rings. The number of fused-ring (bicyclic) bond motifs is 4. The number of pyridine rings is 1. The number of nitrogens with one attached hydrogen (secondary N) is 2. The smallest absolute Gasteiger partial charge is 0.271 e. The summed E-state index contributed by atoms with van der Waals surface area (Å²) in [7, 11) is 5.60. The van der Waals surface area contributed by atoms with Gasteiger partial charge < -0.3 is 20.4 Å². The van der Waals surface area contributed by atoms with E-state index in [4.69, 9.17) is 5.10 Å². The van der Waals surface area contributed by atoms with Crippen LogP contribution in [0.1, 0.15) is 53.7 Å². The van der Waals surface area contributed by atoms with Crippen molar-refractivity contribution in [2.75, 3.05) is 49.8 Å².